The molecule has 108 valence electrons. The average molecular weight is 317 g/mol. The van der Waals surface area contributed by atoms with E-state index in [1.165, 1.54) is 11.8 Å². The maximum absolute atomic E-state index is 12.4. The Morgan fingerprint density at radius 3 is 2.86 bits per heavy atom. The molecule has 0 bridgehead atoms. The van der Waals surface area contributed by atoms with E-state index in [9.17, 15) is 4.79 Å². The van der Waals surface area contributed by atoms with Gasteiger partial charge in [0, 0.05) is 11.6 Å². The van der Waals surface area contributed by atoms with Crippen LogP contribution in [-0.2, 0) is 4.79 Å². The van der Waals surface area contributed by atoms with Gasteiger partial charge in [-0.05, 0) is 37.6 Å². The molecule has 0 aromatic heterocycles. The van der Waals surface area contributed by atoms with E-state index in [0.717, 1.165) is 16.9 Å². The van der Waals surface area contributed by atoms with Crippen LogP contribution in [0.2, 0.25) is 0 Å². The minimum atomic E-state index is -0.0141. The van der Waals surface area contributed by atoms with Crippen LogP contribution in [-0.4, -0.2) is 27.8 Å². The van der Waals surface area contributed by atoms with E-state index in [1.54, 1.807) is 4.90 Å². The second kappa shape index (κ2) is 5.66. The molecule has 1 fully saturated rings. The summed E-state index contributed by atoms with van der Waals surface area (Å²) in [7, 11) is 0. The molecular formula is C16H15NO2S2. The molecule has 3 nitrogen and oxygen atoms in total. The van der Waals surface area contributed by atoms with Crippen molar-refractivity contribution in [2.24, 2.45) is 0 Å². The molecule has 0 spiro atoms. The van der Waals surface area contributed by atoms with Crippen molar-refractivity contribution < 1.29 is 9.53 Å². The topological polar surface area (TPSA) is 29.5 Å². The van der Waals surface area contributed by atoms with Crippen LogP contribution in [0.25, 0.3) is 6.08 Å². The summed E-state index contributed by atoms with van der Waals surface area (Å²) in [6.07, 6.45) is 3.94. The van der Waals surface area contributed by atoms with Crippen molar-refractivity contribution in [3.05, 3.63) is 46.4 Å². The number of benzene rings is 1. The molecule has 21 heavy (non-hydrogen) atoms. The van der Waals surface area contributed by atoms with Crippen molar-refractivity contribution in [3.8, 4) is 5.75 Å². The first-order valence-electron chi connectivity index (χ1n) is 6.76. The van der Waals surface area contributed by atoms with Crippen molar-refractivity contribution >= 4 is 40.3 Å². The normalized spacial score (nSPS) is 19.9. The zero-order chi connectivity index (χ0) is 15.0. The number of carbonyl (C=O) groups is 1. The average Bonchev–Trinajstić information content (AvgIpc) is 2.73. The zero-order valence-corrected chi connectivity index (χ0v) is 13.5. The fourth-order valence-electron chi connectivity index (χ4n) is 2.31. The summed E-state index contributed by atoms with van der Waals surface area (Å²) in [5.41, 5.74) is 2.02. The molecule has 1 aromatic rings. The Balaban J connectivity index is 1.89. The molecule has 0 unspecified atom stereocenters. The molecule has 0 saturated carbocycles. The van der Waals surface area contributed by atoms with Gasteiger partial charge in [-0.15, -0.1) is 0 Å². The summed E-state index contributed by atoms with van der Waals surface area (Å²) in [5, 5.41) is 0. The molecule has 1 amide bonds. The molecule has 1 saturated heterocycles. The fourth-order valence-corrected chi connectivity index (χ4v) is 3.85. The second-order valence-corrected chi connectivity index (χ2v) is 6.87. The van der Waals surface area contributed by atoms with Gasteiger partial charge in [0.25, 0.3) is 5.91 Å². The summed E-state index contributed by atoms with van der Waals surface area (Å²) in [6.45, 7) is 4.41. The van der Waals surface area contributed by atoms with Gasteiger partial charge in [-0.2, -0.15) is 0 Å². The van der Waals surface area contributed by atoms with Gasteiger partial charge in [-0.3, -0.25) is 9.69 Å². The molecule has 2 aliphatic rings. The minimum absolute atomic E-state index is 0.0141. The fraction of sp³-hybridized carbons (Fsp3) is 0.250. The molecular weight excluding hydrogens is 302 g/mol. The number of thioether (sulfide) groups is 1. The molecule has 0 N–H and O–H groups in total. The molecule has 0 radical (unpaired) electrons. The van der Waals surface area contributed by atoms with Gasteiger partial charge < -0.3 is 4.74 Å². The summed E-state index contributed by atoms with van der Waals surface area (Å²) in [6, 6.07) is 7.95. The number of carbonyl (C=O) groups excluding carboxylic acids is 1. The Kier molecular flexibility index (Phi) is 3.87. The number of nitrogens with zero attached hydrogens (tertiary/aromatic N) is 1. The van der Waals surface area contributed by atoms with E-state index in [-0.39, 0.29) is 11.9 Å². The molecule has 1 aromatic carbocycles. The third-order valence-corrected chi connectivity index (χ3v) is 4.64. The number of amides is 1. The first-order valence-corrected chi connectivity index (χ1v) is 7.98. The predicted octanol–water partition coefficient (Wildman–Crippen LogP) is 3.62. The van der Waals surface area contributed by atoms with Gasteiger partial charge in [0.1, 0.15) is 16.7 Å². The minimum Gasteiger partial charge on any atom is -0.488 e. The Bertz CT molecular complexity index is 677. The first kappa shape index (κ1) is 14.4. The van der Waals surface area contributed by atoms with Crippen LogP contribution in [0.3, 0.4) is 0 Å². The monoisotopic (exact) mass is 317 g/mol. The third-order valence-electron chi connectivity index (χ3n) is 3.31. The van der Waals surface area contributed by atoms with E-state index < -0.39 is 0 Å². The lowest BCUT2D eigenvalue weighted by atomic mass is 10.1. The smallest absolute Gasteiger partial charge is 0.266 e. The van der Waals surface area contributed by atoms with Crippen LogP contribution in [0, 0.1) is 0 Å². The number of ether oxygens (including phenoxy) is 1. The number of para-hydroxylation sites is 1. The highest BCUT2D eigenvalue weighted by molar-refractivity contribution is 8.26. The highest BCUT2D eigenvalue weighted by atomic mass is 32.2. The molecule has 0 aliphatic carbocycles. The highest BCUT2D eigenvalue weighted by Crippen LogP contribution is 2.34. The summed E-state index contributed by atoms with van der Waals surface area (Å²) in [5.74, 6) is 0.865. The summed E-state index contributed by atoms with van der Waals surface area (Å²) >= 11 is 6.64. The maximum atomic E-state index is 12.4. The van der Waals surface area contributed by atoms with Crippen LogP contribution >= 0.6 is 24.0 Å². The van der Waals surface area contributed by atoms with E-state index in [1.807, 2.05) is 44.2 Å². The van der Waals surface area contributed by atoms with Crippen LogP contribution < -0.4 is 4.74 Å². The Hall–Kier alpha value is -1.59. The molecule has 0 atom stereocenters. The lowest BCUT2D eigenvalue weighted by Crippen LogP contribution is -2.34. The van der Waals surface area contributed by atoms with Crippen molar-refractivity contribution in [1.29, 1.82) is 0 Å². The van der Waals surface area contributed by atoms with E-state index in [0.29, 0.717) is 15.8 Å². The lowest BCUT2D eigenvalue weighted by Gasteiger charge is -2.18. The van der Waals surface area contributed by atoms with Gasteiger partial charge in [0.15, 0.2) is 0 Å². The summed E-state index contributed by atoms with van der Waals surface area (Å²) < 4.78 is 6.33. The summed E-state index contributed by atoms with van der Waals surface area (Å²) in [4.78, 5) is 14.7. The zero-order valence-electron chi connectivity index (χ0n) is 11.8. The largest absolute Gasteiger partial charge is 0.488 e. The first-order chi connectivity index (χ1) is 10.1. The Morgan fingerprint density at radius 2 is 2.14 bits per heavy atom. The second-order valence-electron chi connectivity index (χ2n) is 5.19. The number of hydrogen-bond donors (Lipinski definition) is 0. The SMILES string of the molecule is CC(C)N1C(=O)C(=CC2=Cc3ccccc3OC2)SC1=S. The molecule has 3 rings (SSSR count). The van der Waals surface area contributed by atoms with Crippen molar-refractivity contribution in [2.45, 2.75) is 19.9 Å². The van der Waals surface area contributed by atoms with Crippen LogP contribution in [0.15, 0.2) is 40.8 Å². The van der Waals surface area contributed by atoms with Gasteiger partial charge in [-0.25, -0.2) is 0 Å². The maximum Gasteiger partial charge on any atom is 0.266 e. The number of hydrogen-bond acceptors (Lipinski definition) is 4. The van der Waals surface area contributed by atoms with Crippen molar-refractivity contribution in [2.75, 3.05) is 6.61 Å². The van der Waals surface area contributed by atoms with Gasteiger partial charge >= 0.3 is 0 Å². The third kappa shape index (κ3) is 2.76. The van der Waals surface area contributed by atoms with E-state index in [4.69, 9.17) is 17.0 Å². The highest BCUT2D eigenvalue weighted by Gasteiger charge is 2.33. The molecule has 2 heterocycles. The number of fused-ring (bicyclic) bond motifs is 1. The number of rotatable bonds is 2. The van der Waals surface area contributed by atoms with Crippen molar-refractivity contribution in [3.63, 3.8) is 0 Å². The van der Waals surface area contributed by atoms with Crippen LogP contribution in [0.4, 0.5) is 0 Å². The lowest BCUT2D eigenvalue weighted by molar-refractivity contribution is -0.123. The van der Waals surface area contributed by atoms with E-state index in [2.05, 4.69) is 6.08 Å². The standard InChI is InChI=1S/C16H15NO2S2/c1-10(2)17-15(18)14(21-16(17)20)8-11-7-12-5-3-4-6-13(12)19-9-11/h3-8,10H,9H2,1-2H3. The predicted molar refractivity (Wildman–Crippen MR) is 90.2 cm³/mol. The van der Waals surface area contributed by atoms with Crippen molar-refractivity contribution in [1.82, 2.24) is 4.90 Å². The Morgan fingerprint density at radius 1 is 1.38 bits per heavy atom. The number of thiocarbonyl (C=S) groups is 1. The van der Waals surface area contributed by atoms with Crippen LogP contribution in [0.5, 0.6) is 5.75 Å². The van der Waals surface area contributed by atoms with Gasteiger partial charge in [-0.1, -0.05) is 42.2 Å². The van der Waals surface area contributed by atoms with E-state index >= 15 is 0 Å². The quantitative estimate of drug-likeness (QED) is 0.615. The van der Waals surface area contributed by atoms with Gasteiger partial charge in [0.2, 0.25) is 0 Å². The molecule has 5 heteroatoms. The Labute approximate surface area is 133 Å². The van der Waals surface area contributed by atoms with Gasteiger partial charge in [0.05, 0.1) is 4.91 Å². The molecule has 2 aliphatic heterocycles. The van der Waals surface area contributed by atoms with Crippen LogP contribution in [0.1, 0.15) is 19.4 Å².